The first-order chi connectivity index (χ1) is 7.00. The summed E-state index contributed by atoms with van der Waals surface area (Å²) < 4.78 is 2.02. The van der Waals surface area contributed by atoms with Crippen molar-refractivity contribution >= 4 is 5.97 Å². The van der Waals surface area contributed by atoms with Gasteiger partial charge in [-0.3, -0.25) is 4.79 Å². The van der Waals surface area contributed by atoms with Crippen LogP contribution < -0.4 is 0 Å². The molecule has 1 aliphatic rings. The summed E-state index contributed by atoms with van der Waals surface area (Å²) in [6.07, 6.45) is 3.56. The second kappa shape index (κ2) is 3.08. The van der Waals surface area contributed by atoms with Crippen LogP contribution in [0.2, 0.25) is 0 Å². The Morgan fingerprint density at radius 2 is 2.33 bits per heavy atom. The quantitative estimate of drug-likeness (QED) is 0.823. The molecule has 0 aliphatic heterocycles. The SMILES string of the molecule is CCn1cncc1[C@@H]1[C@@H](C(=O)O)C1(C)C. The Bertz CT molecular complexity index is 395. The predicted octanol–water partition coefficient (Wildman–Crippen LogP) is 1.73. The lowest BCUT2D eigenvalue weighted by molar-refractivity contribution is -0.139. The predicted molar refractivity (Wildman–Crippen MR) is 55.5 cm³/mol. The highest BCUT2D eigenvalue weighted by Crippen LogP contribution is 2.64. The highest BCUT2D eigenvalue weighted by Gasteiger charge is 2.63. The standard InChI is InChI=1S/C11H16N2O2/c1-4-13-6-12-5-7(13)8-9(10(14)15)11(8,2)3/h5-6,8-9H,4H2,1-3H3,(H,14,15)/t8-,9+/m1/s1. The van der Waals surface area contributed by atoms with Gasteiger partial charge >= 0.3 is 5.97 Å². The summed E-state index contributed by atoms with van der Waals surface area (Å²) in [7, 11) is 0. The van der Waals surface area contributed by atoms with E-state index in [2.05, 4.69) is 4.98 Å². The van der Waals surface area contributed by atoms with Crippen LogP contribution in [-0.4, -0.2) is 20.6 Å². The van der Waals surface area contributed by atoms with Crippen molar-refractivity contribution in [3.05, 3.63) is 18.2 Å². The van der Waals surface area contributed by atoms with E-state index in [0.717, 1.165) is 12.2 Å². The molecule has 0 saturated heterocycles. The van der Waals surface area contributed by atoms with E-state index in [1.165, 1.54) is 0 Å². The van der Waals surface area contributed by atoms with Crippen molar-refractivity contribution < 1.29 is 9.90 Å². The molecule has 15 heavy (non-hydrogen) atoms. The molecule has 1 saturated carbocycles. The van der Waals surface area contributed by atoms with Crippen LogP contribution in [0.3, 0.4) is 0 Å². The molecular weight excluding hydrogens is 192 g/mol. The largest absolute Gasteiger partial charge is 0.481 e. The summed E-state index contributed by atoms with van der Waals surface area (Å²) in [5, 5.41) is 9.09. The minimum absolute atomic E-state index is 0.109. The van der Waals surface area contributed by atoms with Gasteiger partial charge in [-0.05, 0) is 12.3 Å². The summed E-state index contributed by atoms with van der Waals surface area (Å²) in [6.45, 7) is 6.89. The van der Waals surface area contributed by atoms with Crippen LogP contribution in [0.1, 0.15) is 32.4 Å². The van der Waals surface area contributed by atoms with Gasteiger partial charge < -0.3 is 9.67 Å². The van der Waals surface area contributed by atoms with E-state index < -0.39 is 5.97 Å². The molecule has 1 heterocycles. The van der Waals surface area contributed by atoms with E-state index in [0.29, 0.717) is 0 Å². The van der Waals surface area contributed by atoms with Crippen LogP contribution in [0.15, 0.2) is 12.5 Å². The van der Waals surface area contributed by atoms with E-state index in [-0.39, 0.29) is 17.3 Å². The van der Waals surface area contributed by atoms with Crippen molar-refractivity contribution in [2.75, 3.05) is 0 Å². The van der Waals surface area contributed by atoms with Gasteiger partial charge in [0.1, 0.15) is 0 Å². The number of aromatic nitrogens is 2. The maximum Gasteiger partial charge on any atom is 0.307 e. The van der Waals surface area contributed by atoms with Crippen LogP contribution in [0.25, 0.3) is 0 Å². The third-order valence-corrected chi connectivity index (χ3v) is 3.50. The van der Waals surface area contributed by atoms with Gasteiger partial charge in [-0.2, -0.15) is 0 Å². The minimum atomic E-state index is -0.700. The fraction of sp³-hybridized carbons (Fsp3) is 0.636. The van der Waals surface area contributed by atoms with Crippen molar-refractivity contribution in [3.63, 3.8) is 0 Å². The first-order valence-corrected chi connectivity index (χ1v) is 5.23. The average molecular weight is 208 g/mol. The van der Waals surface area contributed by atoms with Crippen LogP contribution in [0.5, 0.6) is 0 Å². The van der Waals surface area contributed by atoms with Gasteiger partial charge in [0.05, 0.1) is 12.2 Å². The zero-order valence-electron chi connectivity index (χ0n) is 9.27. The number of carboxylic acid groups (broad SMARTS) is 1. The minimum Gasteiger partial charge on any atom is -0.481 e. The monoisotopic (exact) mass is 208 g/mol. The molecule has 1 fully saturated rings. The Morgan fingerprint density at radius 3 is 2.80 bits per heavy atom. The summed E-state index contributed by atoms with van der Waals surface area (Å²) in [4.78, 5) is 15.1. The zero-order chi connectivity index (χ0) is 11.2. The van der Waals surface area contributed by atoms with E-state index in [1.807, 2.05) is 25.3 Å². The fourth-order valence-corrected chi connectivity index (χ4v) is 2.50. The van der Waals surface area contributed by atoms with Crippen molar-refractivity contribution in [2.45, 2.75) is 33.2 Å². The maximum atomic E-state index is 11.1. The first kappa shape index (κ1) is 10.2. The van der Waals surface area contributed by atoms with Crippen molar-refractivity contribution in [1.29, 1.82) is 0 Å². The Balaban J connectivity index is 2.31. The van der Waals surface area contributed by atoms with Gasteiger partial charge in [-0.25, -0.2) is 4.98 Å². The highest BCUT2D eigenvalue weighted by molar-refractivity contribution is 5.77. The topological polar surface area (TPSA) is 55.1 Å². The summed E-state index contributed by atoms with van der Waals surface area (Å²) in [6, 6.07) is 0. The number of imidazole rings is 1. The molecule has 82 valence electrons. The number of aliphatic carboxylic acids is 1. The molecule has 2 atom stereocenters. The average Bonchev–Trinajstić information content (AvgIpc) is 2.58. The summed E-state index contributed by atoms with van der Waals surface area (Å²) in [5.41, 5.74) is 0.911. The van der Waals surface area contributed by atoms with E-state index in [9.17, 15) is 4.79 Å². The second-order valence-corrected chi connectivity index (χ2v) is 4.72. The van der Waals surface area contributed by atoms with E-state index in [4.69, 9.17) is 5.11 Å². The smallest absolute Gasteiger partial charge is 0.307 e. The molecule has 2 rings (SSSR count). The van der Waals surface area contributed by atoms with E-state index >= 15 is 0 Å². The van der Waals surface area contributed by atoms with Crippen LogP contribution in [-0.2, 0) is 11.3 Å². The number of nitrogens with zero attached hydrogens (tertiary/aromatic N) is 2. The molecule has 0 amide bonds. The number of carbonyl (C=O) groups is 1. The van der Waals surface area contributed by atoms with Crippen LogP contribution in [0, 0.1) is 11.3 Å². The highest BCUT2D eigenvalue weighted by atomic mass is 16.4. The normalized spacial score (nSPS) is 27.7. The Labute approximate surface area is 88.9 Å². The van der Waals surface area contributed by atoms with Crippen molar-refractivity contribution in [1.82, 2.24) is 9.55 Å². The van der Waals surface area contributed by atoms with Crippen molar-refractivity contribution in [2.24, 2.45) is 11.3 Å². The Kier molecular flexibility index (Phi) is 2.10. The molecule has 0 bridgehead atoms. The third kappa shape index (κ3) is 1.35. The summed E-state index contributed by atoms with van der Waals surface area (Å²) >= 11 is 0. The van der Waals surface area contributed by atoms with Crippen molar-refractivity contribution in [3.8, 4) is 0 Å². The van der Waals surface area contributed by atoms with Crippen LogP contribution >= 0.6 is 0 Å². The Hall–Kier alpha value is -1.32. The molecule has 0 aromatic carbocycles. The molecule has 4 heteroatoms. The summed E-state index contributed by atoms with van der Waals surface area (Å²) in [5.74, 6) is -0.856. The molecule has 4 nitrogen and oxygen atoms in total. The second-order valence-electron chi connectivity index (χ2n) is 4.72. The lowest BCUT2D eigenvalue weighted by Gasteiger charge is -2.05. The van der Waals surface area contributed by atoms with Gasteiger partial charge in [-0.15, -0.1) is 0 Å². The number of rotatable bonds is 3. The molecule has 1 aromatic rings. The molecular formula is C11H16N2O2. The molecule has 0 spiro atoms. The molecule has 1 aliphatic carbocycles. The first-order valence-electron chi connectivity index (χ1n) is 5.23. The van der Waals surface area contributed by atoms with Crippen LogP contribution in [0.4, 0.5) is 0 Å². The van der Waals surface area contributed by atoms with Gasteiger partial charge in [0.25, 0.3) is 0 Å². The number of hydrogen-bond acceptors (Lipinski definition) is 2. The van der Waals surface area contributed by atoms with Gasteiger partial charge in [0.15, 0.2) is 0 Å². The lowest BCUT2D eigenvalue weighted by Crippen LogP contribution is -2.03. The fourth-order valence-electron chi connectivity index (χ4n) is 2.50. The third-order valence-electron chi connectivity index (χ3n) is 3.50. The number of aryl methyl sites for hydroxylation is 1. The van der Waals surface area contributed by atoms with Gasteiger partial charge in [-0.1, -0.05) is 13.8 Å². The number of carboxylic acids is 1. The number of hydrogen-bond donors (Lipinski definition) is 1. The zero-order valence-corrected chi connectivity index (χ0v) is 9.27. The maximum absolute atomic E-state index is 11.1. The Morgan fingerprint density at radius 1 is 1.67 bits per heavy atom. The van der Waals surface area contributed by atoms with Gasteiger partial charge in [0, 0.05) is 24.4 Å². The van der Waals surface area contributed by atoms with E-state index in [1.54, 1.807) is 12.5 Å². The molecule has 0 unspecified atom stereocenters. The lowest BCUT2D eigenvalue weighted by atomic mass is 10.1. The molecule has 1 N–H and O–H groups in total. The molecule has 1 aromatic heterocycles. The molecule has 0 radical (unpaired) electrons. The van der Waals surface area contributed by atoms with Gasteiger partial charge in [0.2, 0.25) is 0 Å².